The fourth-order valence-corrected chi connectivity index (χ4v) is 5.90. The number of carboxylic acid groups (broad SMARTS) is 1. The van der Waals surface area contributed by atoms with Gasteiger partial charge in [-0.2, -0.15) is 0 Å². The van der Waals surface area contributed by atoms with Crippen molar-refractivity contribution < 1.29 is 29.1 Å². The number of rotatable bonds is 14. The van der Waals surface area contributed by atoms with Gasteiger partial charge >= 0.3 is 5.97 Å². The van der Waals surface area contributed by atoms with Crippen molar-refractivity contribution in [3.63, 3.8) is 0 Å². The number of carboxylic acids is 1. The molecule has 0 heterocycles. The monoisotopic (exact) mass is 550 g/mol. The van der Waals surface area contributed by atoms with E-state index in [1.54, 1.807) is 6.92 Å². The summed E-state index contributed by atoms with van der Waals surface area (Å²) in [6, 6.07) is -2.43. The minimum Gasteiger partial charge on any atom is -0.481 e. The Kier molecular flexibility index (Phi) is 13.7. The first kappa shape index (κ1) is 32.6. The summed E-state index contributed by atoms with van der Waals surface area (Å²) < 4.78 is 0. The molecule has 4 amide bonds. The number of likely N-dealkylation sites (N-methyl/N-ethyl adjacent to an activating group) is 1. The lowest BCUT2D eigenvalue weighted by Crippen LogP contribution is -2.57. The van der Waals surface area contributed by atoms with Gasteiger partial charge in [0.2, 0.25) is 23.6 Å². The van der Waals surface area contributed by atoms with Crippen molar-refractivity contribution in [1.82, 2.24) is 21.3 Å². The Balaban J connectivity index is 2.14. The molecule has 0 radical (unpaired) electrons. The second kappa shape index (κ2) is 16.5. The highest BCUT2D eigenvalue weighted by Crippen LogP contribution is 2.31. The van der Waals surface area contributed by atoms with Gasteiger partial charge in [-0.1, -0.05) is 65.7 Å². The van der Waals surface area contributed by atoms with Crippen LogP contribution in [0.1, 0.15) is 105 Å². The molecule has 5 unspecified atom stereocenters. The van der Waals surface area contributed by atoms with Crippen LogP contribution in [-0.2, 0) is 24.0 Å². The second-order valence-corrected chi connectivity index (χ2v) is 11.7. The minimum absolute atomic E-state index is 0.178. The third kappa shape index (κ3) is 10.4. The van der Waals surface area contributed by atoms with E-state index in [9.17, 15) is 29.1 Å². The van der Waals surface area contributed by atoms with E-state index in [1.807, 2.05) is 20.8 Å². The number of carbonyl (C=O) groups excluding carboxylic acids is 4. The molecule has 0 saturated heterocycles. The van der Waals surface area contributed by atoms with Crippen molar-refractivity contribution in [2.24, 2.45) is 23.7 Å². The molecular formula is C29H50N4O6. The first-order valence-corrected chi connectivity index (χ1v) is 15.0. The average Bonchev–Trinajstić information content (AvgIpc) is 2.91. The van der Waals surface area contributed by atoms with Crippen LogP contribution >= 0.6 is 0 Å². The lowest BCUT2D eigenvalue weighted by atomic mass is 9.78. The lowest BCUT2D eigenvalue weighted by molar-refractivity contribution is -0.149. The molecule has 2 saturated carbocycles. The molecule has 0 bridgehead atoms. The Morgan fingerprint density at radius 1 is 0.718 bits per heavy atom. The molecular weight excluding hydrogens is 500 g/mol. The van der Waals surface area contributed by atoms with Gasteiger partial charge < -0.3 is 26.4 Å². The van der Waals surface area contributed by atoms with Crippen molar-refractivity contribution in [3.05, 3.63) is 0 Å². The second-order valence-electron chi connectivity index (χ2n) is 11.7. The summed E-state index contributed by atoms with van der Waals surface area (Å²) in [5.74, 6) is -3.49. The van der Waals surface area contributed by atoms with E-state index in [0.29, 0.717) is 38.6 Å². The van der Waals surface area contributed by atoms with E-state index in [-0.39, 0.29) is 17.7 Å². The van der Waals surface area contributed by atoms with Crippen LogP contribution in [0.5, 0.6) is 0 Å². The van der Waals surface area contributed by atoms with Gasteiger partial charge in [-0.05, 0) is 50.9 Å². The molecule has 10 heteroatoms. The summed E-state index contributed by atoms with van der Waals surface area (Å²) in [7, 11) is 0. The lowest BCUT2D eigenvalue weighted by Gasteiger charge is -2.31. The molecule has 0 aromatic heterocycles. The zero-order valence-electron chi connectivity index (χ0n) is 24.2. The van der Waals surface area contributed by atoms with Crippen LogP contribution in [0.3, 0.4) is 0 Å². The van der Waals surface area contributed by atoms with E-state index in [2.05, 4.69) is 21.3 Å². The summed E-state index contributed by atoms with van der Waals surface area (Å²) in [5.41, 5.74) is 0. The van der Waals surface area contributed by atoms with Gasteiger partial charge in [0, 0.05) is 6.54 Å². The molecule has 2 aliphatic rings. The van der Waals surface area contributed by atoms with Gasteiger partial charge in [0.25, 0.3) is 0 Å². The molecule has 222 valence electrons. The average molecular weight is 551 g/mol. The van der Waals surface area contributed by atoms with Crippen molar-refractivity contribution in [1.29, 1.82) is 0 Å². The minimum atomic E-state index is -0.978. The maximum Gasteiger partial charge on any atom is 0.307 e. The zero-order chi connectivity index (χ0) is 28.9. The van der Waals surface area contributed by atoms with Crippen molar-refractivity contribution in [2.75, 3.05) is 6.54 Å². The highest BCUT2D eigenvalue weighted by molar-refractivity contribution is 5.95. The number of aliphatic carboxylic acids is 1. The van der Waals surface area contributed by atoms with Crippen LogP contribution in [0.15, 0.2) is 0 Å². The number of hydrogen-bond acceptors (Lipinski definition) is 5. The first-order chi connectivity index (χ1) is 18.6. The molecule has 0 aromatic rings. The first-order valence-electron chi connectivity index (χ1n) is 15.0. The van der Waals surface area contributed by atoms with Crippen LogP contribution in [0.4, 0.5) is 0 Å². The Morgan fingerprint density at radius 3 is 1.85 bits per heavy atom. The van der Waals surface area contributed by atoms with Crippen LogP contribution in [0.2, 0.25) is 0 Å². The molecule has 2 fully saturated rings. The molecule has 39 heavy (non-hydrogen) atoms. The Bertz CT molecular complexity index is 842. The molecule has 0 aromatic carbocycles. The van der Waals surface area contributed by atoms with Crippen molar-refractivity contribution in [2.45, 2.75) is 123 Å². The maximum atomic E-state index is 13.5. The molecule has 2 rings (SSSR count). The Hall–Kier alpha value is -2.65. The van der Waals surface area contributed by atoms with Crippen LogP contribution in [-0.4, -0.2) is 59.4 Å². The predicted molar refractivity (Wildman–Crippen MR) is 148 cm³/mol. The van der Waals surface area contributed by atoms with Crippen LogP contribution in [0.25, 0.3) is 0 Å². The topological polar surface area (TPSA) is 154 Å². The molecule has 2 aliphatic carbocycles. The van der Waals surface area contributed by atoms with Gasteiger partial charge in [-0.3, -0.25) is 24.0 Å². The van der Waals surface area contributed by atoms with E-state index in [0.717, 1.165) is 44.9 Å². The predicted octanol–water partition coefficient (Wildman–Crippen LogP) is 2.89. The Morgan fingerprint density at radius 2 is 1.28 bits per heavy atom. The molecule has 10 nitrogen and oxygen atoms in total. The van der Waals surface area contributed by atoms with E-state index in [4.69, 9.17) is 0 Å². The number of amides is 4. The van der Waals surface area contributed by atoms with E-state index >= 15 is 0 Å². The zero-order valence-corrected chi connectivity index (χ0v) is 24.2. The summed E-state index contributed by atoms with van der Waals surface area (Å²) in [6.07, 6.45) is 8.98. The Labute approximate surface area is 233 Å². The van der Waals surface area contributed by atoms with Gasteiger partial charge in [0.1, 0.15) is 18.1 Å². The normalized spacial score (nSPS) is 22.3. The summed E-state index contributed by atoms with van der Waals surface area (Å²) >= 11 is 0. The van der Waals surface area contributed by atoms with Gasteiger partial charge in [-0.25, -0.2) is 0 Å². The number of hydrogen-bond donors (Lipinski definition) is 5. The molecule has 0 spiro atoms. The third-order valence-corrected chi connectivity index (χ3v) is 8.08. The summed E-state index contributed by atoms with van der Waals surface area (Å²) in [4.78, 5) is 64.2. The van der Waals surface area contributed by atoms with E-state index in [1.165, 1.54) is 0 Å². The highest BCUT2D eigenvalue weighted by atomic mass is 16.4. The standard InChI is InChI=1S/C29H50N4O6/c1-5-22(27(36)33-23(16-18(3)4)26(35)30-6-2)31-28(37)24(17-19-12-8-7-9-13-19)32-25(34)20-14-10-11-15-21(20)29(38)39/h18-24H,5-17H2,1-4H3,(H,30,35)(H,31,37)(H,32,34)(H,33,36)(H,38,39). The molecule has 0 aliphatic heterocycles. The summed E-state index contributed by atoms with van der Waals surface area (Å²) in [5, 5.41) is 20.9. The van der Waals surface area contributed by atoms with Crippen molar-refractivity contribution in [3.8, 4) is 0 Å². The third-order valence-electron chi connectivity index (χ3n) is 8.08. The van der Waals surface area contributed by atoms with Gasteiger partial charge in [-0.15, -0.1) is 0 Å². The van der Waals surface area contributed by atoms with Crippen LogP contribution < -0.4 is 21.3 Å². The van der Waals surface area contributed by atoms with Gasteiger partial charge in [0.05, 0.1) is 11.8 Å². The maximum absolute atomic E-state index is 13.5. The summed E-state index contributed by atoms with van der Waals surface area (Å²) in [6.45, 7) is 7.98. The quantitative estimate of drug-likeness (QED) is 0.224. The SMILES string of the molecule is CCNC(=O)C(CC(C)C)NC(=O)C(CC)NC(=O)C(CC1CCCCC1)NC(=O)C1CCCCC1C(=O)O. The highest BCUT2D eigenvalue weighted by Gasteiger charge is 2.38. The fraction of sp³-hybridized carbons (Fsp3) is 0.828. The smallest absolute Gasteiger partial charge is 0.307 e. The fourth-order valence-electron chi connectivity index (χ4n) is 5.90. The number of carbonyl (C=O) groups is 5. The van der Waals surface area contributed by atoms with Crippen molar-refractivity contribution >= 4 is 29.6 Å². The molecule has 5 atom stereocenters. The number of nitrogens with one attached hydrogen (secondary N) is 4. The van der Waals surface area contributed by atoms with E-state index < -0.39 is 53.7 Å². The largest absolute Gasteiger partial charge is 0.481 e. The van der Waals surface area contributed by atoms with Crippen LogP contribution in [0, 0.1) is 23.7 Å². The van der Waals surface area contributed by atoms with Gasteiger partial charge in [0.15, 0.2) is 0 Å². The molecule has 5 N–H and O–H groups in total.